The highest BCUT2D eigenvalue weighted by Crippen LogP contribution is 2.22. The van der Waals surface area contributed by atoms with E-state index in [-0.39, 0.29) is 5.56 Å². The molecule has 22 heavy (non-hydrogen) atoms. The summed E-state index contributed by atoms with van der Waals surface area (Å²) in [5, 5.41) is 0.642. The minimum atomic E-state index is -0.0837. The number of rotatable bonds is 3. The van der Waals surface area contributed by atoms with E-state index in [1.54, 1.807) is 29.9 Å². The molecule has 1 heterocycles. The second-order valence-corrected chi connectivity index (χ2v) is 5.27. The van der Waals surface area contributed by atoms with Crippen molar-refractivity contribution in [2.75, 3.05) is 7.11 Å². The number of methoxy groups -OCH3 is 1. The summed E-state index contributed by atoms with van der Waals surface area (Å²) in [7, 11) is 1.63. The topological polar surface area (TPSA) is 31.2 Å². The summed E-state index contributed by atoms with van der Waals surface area (Å²) >= 11 is 5.90. The summed E-state index contributed by atoms with van der Waals surface area (Å²) in [6.07, 6.45) is 1.83. The summed E-state index contributed by atoms with van der Waals surface area (Å²) in [5.74, 6) is 0.801. The van der Waals surface area contributed by atoms with Crippen LogP contribution in [0.5, 0.6) is 5.75 Å². The lowest BCUT2D eigenvalue weighted by molar-refractivity contribution is 0.415. The lowest BCUT2D eigenvalue weighted by Gasteiger charge is -2.09. The molecule has 3 aromatic rings. The second-order valence-electron chi connectivity index (χ2n) is 4.83. The Balaban J connectivity index is 2.05. The van der Waals surface area contributed by atoms with Gasteiger partial charge in [-0.3, -0.25) is 9.36 Å². The highest BCUT2D eigenvalue weighted by Gasteiger charge is 2.04. The average Bonchev–Trinajstić information content (AvgIpc) is 2.56. The SMILES string of the molecule is COc1ccc(-c2ccc(=O)n(-c3ccc(Cl)cc3)c2)cc1. The smallest absolute Gasteiger partial charge is 0.255 e. The van der Waals surface area contributed by atoms with Gasteiger partial charge in [-0.05, 0) is 53.6 Å². The van der Waals surface area contributed by atoms with Gasteiger partial charge < -0.3 is 4.74 Å². The molecule has 0 atom stereocenters. The van der Waals surface area contributed by atoms with Crippen LogP contribution in [-0.4, -0.2) is 11.7 Å². The molecule has 0 N–H and O–H groups in total. The van der Waals surface area contributed by atoms with Crippen molar-refractivity contribution >= 4 is 11.6 Å². The van der Waals surface area contributed by atoms with Crippen LogP contribution in [0.25, 0.3) is 16.8 Å². The first-order chi connectivity index (χ1) is 10.7. The largest absolute Gasteiger partial charge is 0.497 e. The standard InChI is InChI=1S/C18H14ClNO2/c1-22-17-9-2-13(3-10-17)14-4-11-18(21)20(12-14)16-7-5-15(19)6-8-16/h2-12H,1H3. The molecule has 0 aliphatic rings. The van der Waals surface area contributed by atoms with E-state index in [1.807, 2.05) is 48.7 Å². The molecular formula is C18H14ClNO2. The van der Waals surface area contributed by atoms with E-state index in [4.69, 9.17) is 16.3 Å². The summed E-state index contributed by atoms with van der Waals surface area (Å²) < 4.78 is 6.77. The Bertz CT molecular complexity index is 836. The zero-order chi connectivity index (χ0) is 15.5. The van der Waals surface area contributed by atoms with Gasteiger partial charge in [0.15, 0.2) is 0 Å². The zero-order valence-corrected chi connectivity index (χ0v) is 12.7. The van der Waals surface area contributed by atoms with Crippen LogP contribution in [0.15, 0.2) is 71.7 Å². The first kappa shape index (κ1) is 14.4. The molecule has 0 radical (unpaired) electrons. The fraction of sp³-hybridized carbons (Fsp3) is 0.0556. The number of benzene rings is 2. The monoisotopic (exact) mass is 311 g/mol. The molecule has 3 nitrogen and oxygen atoms in total. The van der Waals surface area contributed by atoms with E-state index < -0.39 is 0 Å². The van der Waals surface area contributed by atoms with Crippen molar-refractivity contribution in [3.63, 3.8) is 0 Å². The van der Waals surface area contributed by atoms with Crippen LogP contribution >= 0.6 is 11.6 Å². The first-order valence-corrected chi connectivity index (χ1v) is 7.18. The van der Waals surface area contributed by atoms with Crippen molar-refractivity contribution in [1.29, 1.82) is 0 Å². The number of ether oxygens (including phenoxy) is 1. The predicted octanol–water partition coefficient (Wildman–Crippen LogP) is 4.17. The molecular weight excluding hydrogens is 298 g/mol. The Kier molecular flexibility index (Phi) is 3.98. The Morgan fingerprint density at radius 3 is 2.14 bits per heavy atom. The van der Waals surface area contributed by atoms with Crippen LogP contribution in [0.2, 0.25) is 5.02 Å². The fourth-order valence-electron chi connectivity index (χ4n) is 2.24. The Labute approximate surface area is 133 Å². The van der Waals surface area contributed by atoms with E-state index >= 15 is 0 Å². The van der Waals surface area contributed by atoms with Crippen LogP contribution in [0.3, 0.4) is 0 Å². The molecule has 0 aliphatic heterocycles. The van der Waals surface area contributed by atoms with Gasteiger partial charge in [0.05, 0.1) is 7.11 Å². The molecule has 2 aromatic carbocycles. The van der Waals surface area contributed by atoms with Gasteiger partial charge in [0.1, 0.15) is 5.75 Å². The van der Waals surface area contributed by atoms with Crippen molar-refractivity contribution in [1.82, 2.24) is 4.57 Å². The molecule has 0 fully saturated rings. The van der Waals surface area contributed by atoms with Crippen LogP contribution in [0.4, 0.5) is 0 Å². The fourth-order valence-corrected chi connectivity index (χ4v) is 2.37. The Morgan fingerprint density at radius 1 is 0.864 bits per heavy atom. The maximum absolute atomic E-state index is 12.1. The van der Waals surface area contributed by atoms with Gasteiger partial charge in [-0.2, -0.15) is 0 Å². The van der Waals surface area contributed by atoms with Crippen molar-refractivity contribution < 1.29 is 4.74 Å². The van der Waals surface area contributed by atoms with Gasteiger partial charge in [-0.1, -0.05) is 23.7 Å². The highest BCUT2D eigenvalue weighted by molar-refractivity contribution is 6.30. The third-order valence-corrected chi connectivity index (χ3v) is 3.69. The number of hydrogen-bond donors (Lipinski definition) is 0. The quantitative estimate of drug-likeness (QED) is 0.727. The molecule has 1 aromatic heterocycles. The zero-order valence-electron chi connectivity index (χ0n) is 12.0. The second kappa shape index (κ2) is 6.08. The molecule has 4 heteroatoms. The van der Waals surface area contributed by atoms with Crippen molar-refractivity contribution in [2.45, 2.75) is 0 Å². The minimum Gasteiger partial charge on any atom is -0.497 e. The third-order valence-electron chi connectivity index (χ3n) is 3.44. The maximum Gasteiger partial charge on any atom is 0.255 e. The van der Waals surface area contributed by atoms with Gasteiger partial charge in [-0.25, -0.2) is 0 Å². The minimum absolute atomic E-state index is 0.0837. The molecule has 0 amide bonds. The molecule has 0 saturated carbocycles. The van der Waals surface area contributed by atoms with Crippen molar-refractivity contribution in [2.24, 2.45) is 0 Å². The lowest BCUT2D eigenvalue weighted by Crippen LogP contribution is -2.16. The van der Waals surface area contributed by atoms with Gasteiger partial charge in [0.25, 0.3) is 5.56 Å². The van der Waals surface area contributed by atoms with Crippen LogP contribution in [0, 0.1) is 0 Å². The number of halogens is 1. The molecule has 0 spiro atoms. The Hall–Kier alpha value is -2.52. The molecule has 0 unspecified atom stereocenters. The van der Waals surface area contributed by atoms with Crippen LogP contribution in [-0.2, 0) is 0 Å². The van der Waals surface area contributed by atoms with E-state index in [9.17, 15) is 4.79 Å². The normalized spacial score (nSPS) is 10.5. The van der Waals surface area contributed by atoms with E-state index in [0.29, 0.717) is 5.02 Å². The van der Waals surface area contributed by atoms with Crippen LogP contribution in [0.1, 0.15) is 0 Å². The first-order valence-electron chi connectivity index (χ1n) is 6.80. The number of nitrogens with zero attached hydrogens (tertiary/aromatic N) is 1. The van der Waals surface area contributed by atoms with E-state index in [1.165, 1.54) is 0 Å². The van der Waals surface area contributed by atoms with Gasteiger partial charge in [-0.15, -0.1) is 0 Å². The third kappa shape index (κ3) is 2.90. The van der Waals surface area contributed by atoms with Crippen molar-refractivity contribution in [3.8, 4) is 22.6 Å². The maximum atomic E-state index is 12.1. The number of pyridine rings is 1. The summed E-state index contributed by atoms with van der Waals surface area (Å²) in [4.78, 5) is 12.1. The molecule has 110 valence electrons. The van der Waals surface area contributed by atoms with Gasteiger partial charge in [0.2, 0.25) is 0 Å². The van der Waals surface area contributed by atoms with Crippen molar-refractivity contribution in [3.05, 3.63) is 82.2 Å². The molecule has 3 rings (SSSR count). The molecule has 0 aliphatic carbocycles. The summed E-state index contributed by atoms with van der Waals surface area (Å²) in [6.45, 7) is 0. The number of hydrogen-bond acceptors (Lipinski definition) is 2. The molecule has 0 bridgehead atoms. The summed E-state index contributed by atoms with van der Waals surface area (Å²) in [5.41, 5.74) is 2.67. The van der Waals surface area contributed by atoms with E-state index in [0.717, 1.165) is 22.6 Å². The highest BCUT2D eigenvalue weighted by atomic mass is 35.5. The number of aromatic nitrogens is 1. The lowest BCUT2D eigenvalue weighted by atomic mass is 10.1. The van der Waals surface area contributed by atoms with Gasteiger partial charge in [0, 0.05) is 23.0 Å². The van der Waals surface area contributed by atoms with Crippen LogP contribution < -0.4 is 10.3 Å². The van der Waals surface area contributed by atoms with Gasteiger partial charge >= 0.3 is 0 Å². The summed E-state index contributed by atoms with van der Waals surface area (Å²) in [6, 6.07) is 18.3. The predicted molar refractivity (Wildman–Crippen MR) is 89.0 cm³/mol. The Morgan fingerprint density at radius 2 is 1.50 bits per heavy atom. The van der Waals surface area contributed by atoms with E-state index in [2.05, 4.69) is 0 Å². The average molecular weight is 312 g/mol. The molecule has 0 saturated heterocycles.